The van der Waals surface area contributed by atoms with E-state index in [2.05, 4.69) is 4.98 Å². The number of hydrogen-bond acceptors (Lipinski definition) is 7. The Morgan fingerprint density at radius 2 is 1.49 bits per heavy atom. The molecular weight excluding hydrogens is 695 g/mol. The highest BCUT2D eigenvalue weighted by Gasteiger charge is 2.39. The Hall–Kier alpha value is -5.81. The lowest BCUT2D eigenvalue weighted by Crippen LogP contribution is -2.21. The highest BCUT2D eigenvalue weighted by molar-refractivity contribution is 5.95. The van der Waals surface area contributed by atoms with Crippen LogP contribution in [0, 0.1) is 11.2 Å². The second kappa shape index (κ2) is 17.7. The number of carbonyl (C=O) groups is 2. The molecule has 0 fully saturated rings. The molecule has 0 saturated carbocycles. The van der Waals surface area contributed by atoms with Gasteiger partial charge in [0.1, 0.15) is 17.4 Å². The van der Waals surface area contributed by atoms with Gasteiger partial charge >= 0.3 is 24.3 Å². The third-order valence-electron chi connectivity index (χ3n) is 6.39. The molecule has 1 heterocycles. The number of rotatable bonds is 10. The number of hydrogen-bond donors (Lipinski definition) is 4. The summed E-state index contributed by atoms with van der Waals surface area (Å²) in [4.78, 5) is 24.3. The highest BCUT2D eigenvalue weighted by atomic mass is 19.4. The van der Waals surface area contributed by atoms with Gasteiger partial charge in [0, 0.05) is 30.4 Å². The number of imidazole rings is 1. The second-order valence-corrected chi connectivity index (χ2v) is 10.5. The van der Waals surface area contributed by atoms with Crippen molar-refractivity contribution in [3.8, 4) is 22.8 Å². The van der Waals surface area contributed by atoms with Gasteiger partial charge in [-0.05, 0) is 50.6 Å². The molecule has 0 bridgehead atoms. The van der Waals surface area contributed by atoms with E-state index in [4.69, 9.17) is 40.4 Å². The molecule has 0 atom stereocenters. The number of alkyl halides is 6. The SMILES string of the molecule is CCOc1cc(OC(C)C)c(F)c(N(Cc2ncc(-c3ccccc3)n2C)c2ccc(C(=N)N)cc2)c1.O=C(O)C(F)(F)F.O=C(O)C(F)(F)F. The van der Waals surface area contributed by atoms with Gasteiger partial charge in [-0.2, -0.15) is 26.3 Å². The van der Waals surface area contributed by atoms with Crippen LogP contribution in [0.15, 0.2) is 72.9 Å². The predicted molar refractivity (Wildman–Crippen MR) is 173 cm³/mol. The fraction of sp³-hybridized carbons (Fsp3) is 0.273. The summed E-state index contributed by atoms with van der Waals surface area (Å²) in [6, 6.07) is 20.4. The molecule has 4 aromatic rings. The fourth-order valence-corrected chi connectivity index (χ4v) is 4.09. The van der Waals surface area contributed by atoms with E-state index in [1.54, 1.807) is 24.3 Å². The fourth-order valence-electron chi connectivity index (χ4n) is 4.09. The Morgan fingerprint density at radius 1 is 0.961 bits per heavy atom. The number of amidine groups is 1. The summed E-state index contributed by atoms with van der Waals surface area (Å²) in [5, 5.41) is 22.0. The van der Waals surface area contributed by atoms with E-state index in [0.717, 1.165) is 17.1 Å². The van der Waals surface area contributed by atoms with E-state index >= 15 is 4.39 Å². The van der Waals surface area contributed by atoms with E-state index in [0.29, 0.717) is 29.3 Å². The first-order valence-electron chi connectivity index (χ1n) is 14.7. The normalized spacial score (nSPS) is 11.1. The molecule has 0 amide bonds. The minimum atomic E-state index is -5.08. The summed E-state index contributed by atoms with van der Waals surface area (Å²) >= 11 is 0. The molecular formula is C33H34F7N5O6. The molecule has 276 valence electrons. The Bertz CT molecular complexity index is 1750. The Kier molecular flexibility index (Phi) is 14.4. The average Bonchev–Trinajstić information content (AvgIpc) is 3.41. The summed E-state index contributed by atoms with van der Waals surface area (Å²) in [5.41, 5.74) is 9.23. The number of aromatic nitrogens is 2. The Labute approximate surface area is 287 Å². The molecule has 0 unspecified atom stereocenters. The molecule has 5 N–H and O–H groups in total. The van der Waals surface area contributed by atoms with Crippen molar-refractivity contribution in [1.82, 2.24) is 9.55 Å². The van der Waals surface area contributed by atoms with E-state index < -0.39 is 30.1 Å². The van der Waals surface area contributed by atoms with Gasteiger partial charge in [-0.25, -0.2) is 19.0 Å². The van der Waals surface area contributed by atoms with Crippen molar-refractivity contribution in [3.05, 3.63) is 90.1 Å². The molecule has 0 aliphatic heterocycles. The zero-order chi connectivity index (χ0) is 38.7. The van der Waals surface area contributed by atoms with Gasteiger partial charge in [0.25, 0.3) is 0 Å². The zero-order valence-electron chi connectivity index (χ0n) is 27.5. The van der Waals surface area contributed by atoms with Crippen LogP contribution in [0.1, 0.15) is 32.2 Å². The number of ether oxygens (including phenoxy) is 2. The predicted octanol–water partition coefficient (Wildman–Crippen LogP) is 7.30. The number of nitrogen functional groups attached to an aromatic ring is 1. The van der Waals surface area contributed by atoms with Crippen molar-refractivity contribution in [2.24, 2.45) is 12.8 Å². The van der Waals surface area contributed by atoms with E-state index in [1.165, 1.54) is 0 Å². The van der Waals surface area contributed by atoms with Crippen LogP contribution in [-0.2, 0) is 23.2 Å². The number of nitrogens with zero attached hydrogens (tertiary/aromatic N) is 3. The minimum absolute atomic E-state index is 0.0353. The number of benzene rings is 3. The van der Waals surface area contributed by atoms with Crippen LogP contribution in [0.3, 0.4) is 0 Å². The molecule has 0 aliphatic carbocycles. The monoisotopic (exact) mass is 729 g/mol. The third kappa shape index (κ3) is 12.2. The van der Waals surface area contributed by atoms with Gasteiger partial charge in [0.05, 0.1) is 36.8 Å². The lowest BCUT2D eigenvalue weighted by Gasteiger charge is -2.27. The summed E-state index contributed by atoms with van der Waals surface area (Å²) in [7, 11) is 1.95. The second-order valence-electron chi connectivity index (χ2n) is 10.5. The standard InChI is InChI=1S/C29H32FN5O2.2C2HF3O2/c1-5-36-23-15-24(28(30)26(16-23)37-19(2)3)35(22-13-11-21(12-14-22)29(31)32)18-27-33-17-25(34(27)4)20-9-7-6-8-10-20;2*3-2(4,5)1(6)7/h6-17,19H,5,18H2,1-4H3,(H3,31,32);2*(H,6,7). The van der Waals surface area contributed by atoms with Crippen molar-refractivity contribution in [1.29, 1.82) is 5.41 Å². The van der Waals surface area contributed by atoms with Crippen LogP contribution in [-0.4, -0.2) is 62.6 Å². The largest absolute Gasteiger partial charge is 0.494 e. The van der Waals surface area contributed by atoms with Crippen LogP contribution < -0.4 is 20.1 Å². The summed E-state index contributed by atoms with van der Waals surface area (Å²) in [6.07, 6.45) is -8.56. The van der Waals surface area contributed by atoms with Crippen molar-refractivity contribution in [2.75, 3.05) is 11.5 Å². The van der Waals surface area contributed by atoms with Crippen LogP contribution >= 0.6 is 0 Å². The van der Waals surface area contributed by atoms with Gasteiger partial charge < -0.3 is 34.9 Å². The number of nitrogens with two attached hydrogens (primary N) is 1. The maximum Gasteiger partial charge on any atom is 0.490 e. The quantitative estimate of drug-likeness (QED) is 0.0745. The van der Waals surface area contributed by atoms with Crippen LogP contribution in [0.5, 0.6) is 11.5 Å². The number of carboxylic acids is 2. The molecule has 0 spiro atoms. The Balaban J connectivity index is 0.000000543. The van der Waals surface area contributed by atoms with Crippen molar-refractivity contribution in [2.45, 2.75) is 45.8 Å². The van der Waals surface area contributed by atoms with E-state index in [-0.39, 0.29) is 24.2 Å². The van der Waals surface area contributed by atoms with Gasteiger partial charge in [0.2, 0.25) is 0 Å². The molecule has 51 heavy (non-hydrogen) atoms. The van der Waals surface area contributed by atoms with E-state index in [1.807, 2.05) is 85.9 Å². The maximum absolute atomic E-state index is 16.0. The maximum atomic E-state index is 16.0. The minimum Gasteiger partial charge on any atom is -0.494 e. The van der Waals surface area contributed by atoms with Crippen LogP contribution in [0.4, 0.5) is 42.1 Å². The number of anilines is 2. The van der Waals surface area contributed by atoms with Crippen LogP contribution in [0.25, 0.3) is 11.3 Å². The Morgan fingerprint density at radius 3 is 1.94 bits per heavy atom. The highest BCUT2D eigenvalue weighted by Crippen LogP contribution is 2.38. The van der Waals surface area contributed by atoms with Gasteiger partial charge in [-0.15, -0.1) is 0 Å². The number of nitrogens with one attached hydrogen (secondary N) is 1. The van der Waals surface area contributed by atoms with E-state index in [9.17, 15) is 26.3 Å². The smallest absolute Gasteiger partial charge is 0.490 e. The van der Waals surface area contributed by atoms with Gasteiger partial charge in [-0.1, -0.05) is 30.3 Å². The molecule has 0 aliphatic rings. The molecule has 11 nitrogen and oxygen atoms in total. The van der Waals surface area contributed by atoms with Crippen molar-refractivity contribution >= 4 is 29.1 Å². The van der Waals surface area contributed by atoms with Gasteiger partial charge in [-0.3, -0.25) is 5.41 Å². The molecule has 0 saturated heterocycles. The lowest BCUT2D eigenvalue weighted by atomic mass is 10.1. The average molecular weight is 730 g/mol. The summed E-state index contributed by atoms with van der Waals surface area (Å²) < 4.78 is 93.0. The number of carboxylic acid groups (broad SMARTS) is 2. The first kappa shape index (κ1) is 41.4. The molecule has 0 radical (unpaired) electrons. The summed E-state index contributed by atoms with van der Waals surface area (Å²) in [5.74, 6) is -4.69. The first-order chi connectivity index (χ1) is 23.7. The zero-order valence-corrected chi connectivity index (χ0v) is 27.5. The first-order valence-corrected chi connectivity index (χ1v) is 14.7. The molecule has 3 aromatic carbocycles. The molecule has 18 heteroatoms. The summed E-state index contributed by atoms with van der Waals surface area (Å²) in [6.45, 7) is 6.28. The van der Waals surface area contributed by atoms with Gasteiger partial charge in [0.15, 0.2) is 11.6 Å². The van der Waals surface area contributed by atoms with Crippen molar-refractivity contribution in [3.63, 3.8) is 0 Å². The third-order valence-corrected chi connectivity index (χ3v) is 6.39. The van der Waals surface area contributed by atoms with Crippen LogP contribution in [0.2, 0.25) is 0 Å². The van der Waals surface area contributed by atoms with Crippen molar-refractivity contribution < 1.29 is 60.0 Å². The lowest BCUT2D eigenvalue weighted by molar-refractivity contribution is -0.193. The topological polar surface area (TPSA) is 164 Å². The number of aliphatic carboxylic acids is 2. The molecule has 1 aromatic heterocycles. The molecule has 4 rings (SSSR count). The number of halogens is 7.